The van der Waals surface area contributed by atoms with E-state index >= 15 is 0 Å². The molecule has 1 atom stereocenters. The number of ketones is 1. The Morgan fingerprint density at radius 3 is 2.73 bits per heavy atom. The van der Waals surface area contributed by atoms with Gasteiger partial charge in [-0.05, 0) is 29.5 Å². The molecule has 0 aliphatic heterocycles. The van der Waals surface area contributed by atoms with Crippen molar-refractivity contribution in [2.45, 2.75) is 32.6 Å². The van der Waals surface area contributed by atoms with E-state index in [0.29, 0.717) is 12.8 Å². The summed E-state index contributed by atoms with van der Waals surface area (Å²) in [5.74, 6) is 0.233. The van der Waals surface area contributed by atoms with Gasteiger partial charge in [0, 0.05) is 12.3 Å². The van der Waals surface area contributed by atoms with Crippen LogP contribution in [0.3, 0.4) is 0 Å². The third-order valence-corrected chi connectivity index (χ3v) is 3.13. The van der Waals surface area contributed by atoms with Crippen molar-refractivity contribution < 1.29 is 9.18 Å². The van der Waals surface area contributed by atoms with E-state index in [0.717, 1.165) is 11.1 Å². The van der Waals surface area contributed by atoms with Crippen LogP contribution >= 0.6 is 0 Å². The van der Waals surface area contributed by atoms with E-state index in [1.807, 2.05) is 19.9 Å². The van der Waals surface area contributed by atoms with E-state index in [2.05, 4.69) is 0 Å². The molecule has 1 nitrogen and oxygen atoms in total. The van der Waals surface area contributed by atoms with Gasteiger partial charge in [-0.1, -0.05) is 26.0 Å². The topological polar surface area (TPSA) is 17.1 Å². The monoisotopic (exact) mass is 206 g/mol. The van der Waals surface area contributed by atoms with Crippen LogP contribution in [0.15, 0.2) is 18.2 Å². The Hall–Kier alpha value is -1.18. The van der Waals surface area contributed by atoms with Crippen molar-refractivity contribution >= 4 is 5.78 Å². The maximum absolute atomic E-state index is 13.5. The normalized spacial score (nSPS) is 20.5. The van der Waals surface area contributed by atoms with Gasteiger partial charge in [-0.2, -0.15) is 0 Å². The molecule has 0 spiro atoms. The van der Waals surface area contributed by atoms with Gasteiger partial charge in [-0.15, -0.1) is 0 Å². The third-order valence-electron chi connectivity index (χ3n) is 3.13. The molecule has 1 unspecified atom stereocenters. The van der Waals surface area contributed by atoms with Crippen LogP contribution in [0.4, 0.5) is 4.39 Å². The molecule has 0 saturated heterocycles. The largest absolute Gasteiger partial charge is 0.299 e. The van der Waals surface area contributed by atoms with Crippen LogP contribution in [0.5, 0.6) is 0 Å². The molecule has 0 fully saturated rings. The van der Waals surface area contributed by atoms with Crippen molar-refractivity contribution in [3.8, 4) is 0 Å². The van der Waals surface area contributed by atoms with E-state index in [1.54, 1.807) is 6.07 Å². The highest BCUT2D eigenvalue weighted by atomic mass is 19.1. The molecule has 2 heteroatoms. The van der Waals surface area contributed by atoms with E-state index < -0.39 is 0 Å². The maximum Gasteiger partial charge on any atom is 0.140 e. The van der Waals surface area contributed by atoms with Gasteiger partial charge in [0.25, 0.3) is 0 Å². The first-order valence-electron chi connectivity index (χ1n) is 5.41. The molecule has 80 valence electrons. The highest BCUT2D eigenvalue weighted by Crippen LogP contribution is 2.35. The molecule has 0 heterocycles. The van der Waals surface area contributed by atoms with Crippen LogP contribution in [0, 0.1) is 11.7 Å². The van der Waals surface area contributed by atoms with Gasteiger partial charge in [0.15, 0.2) is 0 Å². The number of carbonyl (C=O) groups is 1. The molecule has 0 aromatic heterocycles. The van der Waals surface area contributed by atoms with Gasteiger partial charge in [0.1, 0.15) is 11.6 Å². The van der Waals surface area contributed by atoms with Gasteiger partial charge in [0.2, 0.25) is 0 Å². The van der Waals surface area contributed by atoms with E-state index in [4.69, 9.17) is 0 Å². The molecular formula is C13H15FO. The fourth-order valence-corrected chi connectivity index (χ4v) is 2.44. The molecule has 15 heavy (non-hydrogen) atoms. The lowest BCUT2D eigenvalue weighted by Gasteiger charge is -2.27. The van der Waals surface area contributed by atoms with Crippen molar-refractivity contribution in [2.24, 2.45) is 5.92 Å². The average molecular weight is 206 g/mol. The summed E-state index contributed by atoms with van der Waals surface area (Å²) in [6.45, 7) is 4.03. The SMILES string of the molecule is CC(C)C1C(=O)CCc2c(F)cccc21. The Morgan fingerprint density at radius 2 is 2.07 bits per heavy atom. The number of benzene rings is 1. The van der Waals surface area contributed by atoms with E-state index in [9.17, 15) is 9.18 Å². The summed E-state index contributed by atoms with van der Waals surface area (Å²) >= 11 is 0. The number of halogens is 1. The lowest BCUT2D eigenvalue weighted by atomic mass is 9.76. The zero-order valence-corrected chi connectivity index (χ0v) is 9.09. The van der Waals surface area contributed by atoms with Crippen LogP contribution < -0.4 is 0 Å². The quantitative estimate of drug-likeness (QED) is 0.690. The summed E-state index contributed by atoms with van der Waals surface area (Å²) in [6, 6.07) is 5.06. The summed E-state index contributed by atoms with van der Waals surface area (Å²) in [5, 5.41) is 0. The minimum Gasteiger partial charge on any atom is -0.299 e. The Labute approximate surface area is 89.3 Å². The molecule has 1 aliphatic carbocycles. The summed E-state index contributed by atoms with van der Waals surface area (Å²) in [4.78, 5) is 11.8. The first-order chi connectivity index (χ1) is 7.11. The van der Waals surface area contributed by atoms with Gasteiger partial charge in [0.05, 0.1) is 0 Å². The number of carbonyl (C=O) groups excluding carboxylic acids is 1. The first kappa shape index (κ1) is 10.3. The van der Waals surface area contributed by atoms with Crippen molar-refractivity contribution in [1.82, 2.24) is 0 Å². The van der Waals surface area contributed by atoms with E-state index in [-0.39, 0.29) is 23.4 Å². The highest BCUT2D eigenvalue weighted by molar-refractivity contribution is 5.88. The maximum atomic E-state index is 13.5. The Bertz CT molecular complexity index is 396. The predicted molar refractivity (Wildman–Crippen MR) is 57.3 cm³/mol. The smallest absolute Gasteiger partial charge is 0.140 e. The zero-order valence-electron chi connectivity index (χ0n) is 9.09. The molecule has 1 aromatic carbocycles. The molecule has 1 aliphatic rings. The number of hydrogen-bond acceptors (Lipinski definition) is 1. The lowest BCUT2D eigenvalue weighted by molar-refractivity contribution is -0.121. The minimum atomic E-state index is -0.161. The molecule has 0 bridgehead atoms. The minimum absolute atomic E-state index is 0.107. The molecule has 0 radical (unpaired) electrons. The standard InChI is InChI=1S/C13H15FO/c1-8(2)13-10-4-3-5-11(14)9(10)6-7-12(13)15/h3-5,8,13H,6-7H2,1-2H3. The fraction of sp³-hybridized carbons (Fsp3) is 0.462. The number of hydrogen-bond donors (Lipinski definition) is 0. The van der Waals surface area contributed by atoms with Crippen LogP contribution in [-0.4, -0.2) is 5.78 Å². The van der Waals surface area contributed by atoms with Crippen molar-refractivity contribution in [1.29, 1.82) is 0 Å². The van der Waals surface area contributed by atoms with Crippen molar-refractivity contribution in [3.05, 3.63) is 35.1 Å². The highest BCUT2D eigenvalue weighted by Gasteiger charge is 2.30. The predicted octanol–water partition coefficient (Wildman–Crippen LogP) is 3.08. The molecule has 0 N–H and O–H groups in total. The van der Waals surface area contributed by atoms with Crippen molar-refractivity contribution in [2.75, 3.05) is 0 Å². The van der Waals surface area contributed by atoms with Gasteiger partial charge < -0.3 is 0 Å². The Kier molecular flexibility index (Phi) is 2.59. The first-order valence-corrected chi connectivity index (χ1v) is 5.41. The molecular weight excluding hydrogens is 191 g/mol. The summed E-state index contributed by atoms with van der Waals surface area (Å²) < 4.78 is 13.5. The van der Waals surface area contributed by atoms with Crippen LogP contribution in [0.1, 0.15) is 37.3 Å². The molecule has 0 saturated carbocycles. The van der Waals surface area contributed by atoms with Crippen LogP contribution in [0.2, 0.25) is 0 Å². The number of fused-ring (bicyclic) bond motifs is 1. The summed E-state index contributed by atoms with van der Waals surface area (Å²) in [5.41, 5.74) is 1.65. The second kappa shape index (κ2) is 3.76. The van der Waals surface area contributed by atoms with Crippen molar-refractivity contribution in [3.63, 3.8) is 0 Å². The Morgan fingerprint density at radius 1 is 1.33 bits per heavy atom. The molecule has 0 amide bonds. The second-order valence-electron chi connectivity index (χ2n) is 4.50. The van der Waals surface area contributed by atoms with Crippen LogP contribution in [-0.2, 0) is 11.2 Å². The number of rotatable bonds is 1. The average Bonchev–Trinajstić information content (AvgIpc) is 2.17. The van der Waals surface area contributed by atoms with Gasteiger partial charge in [-0.25, -0.2) is 4.39 Å². The summed E-state index contributed by atoms with van der Waals surface area (Å²) in [6.07, 6.45) is 1.04. The Balaban J connectivity index is 2.53. The molecule has 2 rings (SSSR count). The fourth-order valence-electron chi connectivity index (χ4n) is 2.44. The van der Waals surface area contributed by atoms with Crippen LogP contribution in [0.25, 0.3) is 0 Å². The zero-order chi connectivity index (χ0) is 11.0. The van der Waals surface area contributed by atoms with E-state index in [1.165, 1.54) is 6.07 Å². The summed E-state index contributed by atoms with van der Waals surface area (Å²) in [7, 11) is 0. The molecule has 1 aromatic rings. The second-order valence-corrected chi connectivity index (χ2v) is 4.50. The van der Waals surface area contributed by atoms with Gasteiger partial charge in [-0.3, -0.25) is 4.79 Å². The number of Topliss-reactive ketones (excluding diaryl/α,β-unsaturated/α-hetero) is 1. The lowest BCUT2D eigenvalue weighted by Crippen LogP contribution is -2.25. The van der Waals surface area contributed by atoms with Gasteiger partial charge >= 0.3 is 0 Å². The third kappa shape index (κ3) is 1.69.